The van der Waals surface area contributed by atoms with Crippen molar-refractivity contribution in [3.63, 3.8) is 0 Å². The molecule has 0 unspecified atom stereocenters. The third kappa shape index (κ3) is 2.04. The summed E-state index contributed by atoms with van der Waals surface area (Å²) in [6.07, 6.45) is 6.85. The molecule has 2 fully saturated rings. The van der Waals surface area contributed by atoms with E-state index in [0.717, 1.165) is 36.1 Å². The number of hydrogen-bond donors (Lipinski definition) is 0. The second-order valence-corrected chi connectivity index (χ2v) is 6.36. The van der Waals surface area contributed by atoms with E-state index in [4.69, 9.17) is 15.0 Å². The van der Waals surface area contributed by atoms with Crippen LogP contribution in [0.1, 0.15) is 49.5 Å². The van der Waals surface area contributed by atoms with Crippen LogP contribution in [-0.2, 0) is 11.2 Å². The highest BCUT2D eigenvalue weighted by molar-refractivity contribution is 5.78. The number of nitriles is 1. The largest absolute Gasteiger partial charge is 0.378 e. The van der Waals surface area contributed by atoms with E-state index < -0.39 is 0 Å². The normalized spacial score (nSPS) is 20.2. The lowest BCUT2D eigenvalue weighted by Gasteiger charge is -2.40. The number of methoxy groups -OCH3 is 1. The maximum Gasteiger partial charge on any atom is 0.113 e. The summed E-state index contributed by atoms with van der Waals surface area (Å²) in [5.74, 6) is 1.13. The minimum atomic E-state index is -0.00786. The molecule has 0 amide bonds. The third-order valence-electron chi connectivity index (χ3n) is 4.98. The van der Waals surface area contributed by atoms with Gasteiger partial charge in [0.2, 0.25) is 0 Å². The smallest absolute Gasteiger partial charge is 0.113 e. The molecule has 0 aliphatic heterocycles. The Morgan fingerprint density at radius 1 is 1.43 bits per heavy atom. The lowest BCUT2D eigenvalue weighted by atomic mass is 9.77. The summed E-state index contributed by atoms with van der Waals surface area (Å²) in [6, 6.07) is 8.63. The summed E-state index contributed by atoms with van der Waals surface area (Å²) in [5.41, 5.74) is 2.78. The predicted octanol–water partition coefficient (Wildman–Crippen LogP) is 3.35. The van der Waals surface area contributed by atoms with Gasteiger partial charge in [-0.2, -0.15) is 5.26 Å². The Morgan fingerprint density at radius 3 is 2.81 bits per heavy atom. The predicted molar refractivity (Wildman–Crippen MR) is 80.0 cm³/mol. The Hall–Kier alpha value is -1.86. The van der Waals surface area contributed by atoms with E-state index in [9.17, 15) is 0 Å². The van der Waals surface area contributed by atoms with Gasteiger partial charge in [0.05, 0.1) is 28.3 Å². The van der Waals surface area contributed by atoms with Crippen LogP contribution in [0.2, 0.25) is 0 Å². The number of nitrogens with zero attached hydrogens (tertiary/aromatic N) is 3. The molecule has 4 nitrogen and oxygen atoms in total. The molecule has 0 spiro atoms. The molecule has 0 atom stereocenters. The van der Waals surface area contributed by atoms with Crippen molar-refractivity contribution in [2.45, 2.75) is 50.2 Å². The minimum absolute atomic E-state index is 0.00786. The fraction of sp³-hybridized carbons (Fsp3) is 0.529. The molecule has 2 aromatic rings. The quantitative estimate of drug-likeness (QED) is 0.863. The first kappa shape index (κ1) is 12.8. The van der Waals surface area contributed by atoms with Gasteiger partial charge < -0.3 is 9.30 Å². The topological polar surface area (TPSA) is 50.8 Å². The molecule has 4 heteroatoms. The Morgan fingerprint density at radius 2 is 2.24 bits per heavy atom. The van der Waals surface area contributed by atoms with E-state index >= 15 is 0 Å². The first-order chi connectivity index (χ1) is 10.2. The molecule has 2 aliphatic carbocycles. The molecule has 0 saturated heterocycles. The van der Waals surface area contributed by atoms with Crippen molar-refractivity contribution < 1.29 is 4.74 Å². The highest BCUT2D eigenvalue weighted by atomic mass is 16.5. The summed E-state index contributed by atoms with van der Waals surface area (Å²) in [4.78, 5) is 4.83. The maximum atomic E-state index is 9.06. The molecule has 4 rings (SSSR count). The SMILES string of the molecule is COC1(Cc2nc3cc(C#N)ccc3n2C2CC2)CCC1. The van der Waals surface area contributed by atoms with Crippen LogP contribution in [0.4, 0.5) is 0 Å². The van der Waals surface area contributed by atoms with Crippen LogP contribution in [0.5, 0.6) is 0 Å². The number of benzene rings is 1. The molecule has 108 valence electrons. The molecule has 0 bridgehead atoms. The van der Waals surface area contributed by atoms with E-state index in [0.29, 0.717) is 11.6 Å². The van der Waals surface area contributed by atoms with Crippen molar-refractivity contribution >= 4 is 11.0 Å². The monoisotopic (exact) mass is 281 g/mol. The maximum absolute atomic E-state index is 9.06. The number of imidazole rings is 1. The second kappa shape index (κ2) is 4.57. The van der Waals surface area contributed by atoms with Gasteiger partial charge in [0, 0.05) is 19.6 Å². The fourth-order valence-electron chi connectivity index (χ4n) is 3.40. The first-order valence-electron chi connectivity index (χ1n) is 7.71. The molecule has 21 heavy (non-hydrogen) atoms. The summed E-state index contributed by atoms with van der Waals surface area (Å²) < 4.78 is 8.15. The van der Waals surface area contributed by atoms with Gasteiger partial charge in [0.1, 0.15) is 5.82 Å². The Kier molecular flexibility index (Phi) is 2.80. The molecular weight excluding hydrogens is 262 g/mol. The van der Waals surface area contributed by atoms with Gasteiger partial charge in [0.15, 0.2) is 0 Å². The zero-order valence-electron chi connectivity index (χ0n) is 12.3. The van der Waals surface area contributed by atoms with Crippen molar-refractivity contribution in [1.29, 1.82) is 5.26 Å². The van der Waals surface area contributed by atoms with Gasteiger partial charge in [-0.25, -0.2) is 4.98 Å². The van der Waals surface area contributed by atoms with Crippen LogP contribution in [0.3, 0.4) is 0 Å². The van der Waals surface area contributed by atoms with E-state index in [1.165, 1.54) is 19.3 Å². The zero-order valence-corrected chi connectivity index (χ0v) is 12.3. The van der Waals surface area contributed by atoms with Crippen LogP contribution in [0.15, 0.2) is 18.2 Å². The molecule has 1 aromatic carbocycles. The van der Waals surface area contributed by atoms with Crippen LogP contribution in [0.25, 0.3) is 11.0 Å². The molecule has 0 N–H and O–H groups in total. The number of aromatic nitrogens is 2. The highest BCUT2D eigenvalue weighted by Gasteiger charge is 2.40. The number of hydrogen-bond acceptors (Lipinski definition) is 3. The Labute approximate surface area is 124 Å². The molecule has 1 heterocycles. The minimum Gasteiger partial charge on any atom is -0.378 e. The lowest BCUT2D eigenvalue weighted by Crippen LogP contribution is -2.42. The van der Waals surface area contributed by atoms with Crippen molar-refractivity contribution in [3.8, 4) is 6.07 Å². The Balaban J connectivity index is 1.80. The Bertz CT molecular complexity index is 727. The second-order valence-electron chi connectivity index (χ2n) is 6.36. The average molecular weight is 281 g/mol. The molecule has 0 radical (unpaired) electrons. The first-order valence-corrected chi connectivity index (χ1v) is 7.71. The van der Waals surface area contributed by atoms with Gasteiger partial charge in [-0.15, -0.1) is 0 Å². The summed E-state index contributed by atoms with van der Waals surface area (Å²) in [6.45, 7) is 0. The summed E-state index contributed by atoms with van der Waals surface area (Å²) >= 11 is 0. The van der Waals surface area contributed by atoms with Gasteiger partial charge in [-0.05, 0) is 50.3 Å². The van der Waals surface area contributed by atoms with Crippen molar-refractivity contribution in [3.05, 3.63) is 29.6 Å². The highest BCUT2D eigenvalue weighted by Crippen LogP contribution is 2.42. The zero-order chi connectivity index (χ0) is 14.4. The van der Waals surface area contributed by atoms with Gasteiger partial charge in [0.25, 0.3) is 0 Å². The lowest BCUT2D eigenvalue weighted by molar-refractivity contribution is -0.0725. The van der Waals surface area contributed by atoms with Crippen LogP contribution >= 0.6 is 0 Å². The van der Waals surface area contributed by atoms with Crippen LogP contribution in [0, 0.1) is 11.3 Å². The van der Waals surface area contributed by atoms with E-state index in [1.807, 2.05) is 25.3 Å². The van der Waals surface area contributed by atoms with Crippen molar-refractivity contribution in [2.24, 2.45) is 0 Å². The number of fused-ring (bicyclic) bond motifs is 1. The third-order valence-corrected chi connectivity index (χ3v) is 4.98. The van der Waals surface area contributed by atoms with Crippen LogP contribution in [-0.4, -0.2) is 22.3 Å². The average Bonchev–Trinajstić information content (AvgIpc) is 3.23. The summed E-state index contributed by atoms with van der Waals surface area (Å²) in [7, 11) is 1.82. The van der Waals surface area contributed by atoms with Crippen LogP contribution < -0.4 is 0 Å². The number of ether oxygens (including phenoxy) is 1. The van der Waals surface area contributed by atoms with E-state index in [1.54, 1.807) is 0 Å². The van der Waals surface area contributed by atoms with Gasteiger partial charge in [-0.1, -0.05) is 0 Å². The van der Waals surface area contributed by atoms with E-state index in [-0.39, 0.29) is 5.60 Å². The standard InChI is InChI=1S/C17H19N3O/c1-21-17(7-2-8-17)10-16-19-14-9-12(11-18)3-6-15(14)20(16)13-4-5-13/h3,6,9,13H,2,4-5,7-8,10H2,1H3. The van der Waals surface area contributed by atoms with Gasteiger partial charge >= 0.3 is 0 Å². The molecule has 2 saturated carbocycles. The fourth-order valence-corrected chi connectivity index (χ4v) is 3.40. The van der Waals surface area contributed by atoms with Crippen molar-refractivity contribution in [2.75, 3.05) is 7.11 Å². The van der Waals surface area contributed by atoms with Gasteiger partial charge in [-0.3, -0.25) is 0 Å². The number of rotatable bonds is 4. The van der Waals surface area contributed by atoms with E-state index in [2.05, 4.69) is 10.6 Å². The molecular formula is C17H19N3O. The van der Waals surface area contributed by atoms with Crippen molar-refractivity contribution in [1.82, 2.24) is 9.55 Å². The summed E-state index contributed by atoms with van der Waals surface area (Å²) in [5, 5.41) is 9.06. The molecule has 2 aliphatic rings. The molecule has 1 aromatic heterocycles.